The van der Waals surface area contributed by atoms with E-state index in [0.717, 1.165) is 0 Å². The third-order valence-electron chi connectivity index (χ3n) is 1.37. The number of hydrogen-bond acceptors (Lipinski definition) is 4. The lowest BCUT2D eigenvalue weighted by molar-refractivity contribution is 0.0506. The molecule has 0 spiro atoms. The highest BCUT2D eigenvalue weighted by atomic mass is 16.5. The first-order valence-corrected chi connectivity index (χ1v) is 3.68. The van der Waals surface area contributed by atoms with E-state index in [1.807, 2.05) is 0 Å². The summed E-state index contributed by atoms with van der Waals surface area (Å²) in [6, 6.07) is 0. The molecule has 0 atom stereocenters. The van der Waals surface area contributed by atoms with E-state index >= 15 is 0 Å². The number of rotatable bonds is 3. The average Bonchev–Trinajstić information content (AvgIpc) is 2.51. The van der Waals surface area contributed by atoms with Crippen molar-refractivity contribution < 1.29 is 9.53 Å². The van der Waals surface area contributed by atoms with Crippen molar-refractivity contribution in [2.24, 2.45) is 5.73 Å². The minimum absolute atomic E-state index is 0.230. The van der Waals surface area contributed by atoms with Crippen molar-refractivity contribution in [3.8, 4) is 0 Å². The SMILES string of the molecule is CCOC(=O)c1nccn1CN. The Morgan fingerprint density at radius 2 is 2.58 bits per heavy atom. The summed E-state index contributed by atoms with van der Waals surface area (Å²) in [5.74, 6) is -0.188. The second-order valence-corrected chi connectivity index (χ2v) is 2.12. The maximum Gasteiger partial charge on any atom is 0.374 e. The van der Waals surface area contributed by atoms with E-state index in [-0.39, 0.29) is 12.5 Å². The van der Waals surface area contributed by atoms with Crippen LogP contribution in [0, 0.1) is 0 Å². The topological polar surface area (TPSA) is 70.1 Å². The molecule has 0 bridgehead atoms. The van der Waals surface area contributed by atoms with Gasteiger partial charge < -0.3 is 15.0 Å². The first-order valence-electron chi connectivity index (χ1n) is 3.68. The number of carbonyl (C=O) groups excluding carboxylic acids is 1. The van der Waals surface area contributed by atoms with E-state index in [4.69, 9.17) is 10.5 Å². The molecular formula is C7H11N3O2. The maximum atomic E-state index is 11.1. The molecule has 1 rings (SSSR count). The number of imidazole rings is 1. The largest absolute Gasteiger partial charge is 0.460 e. The minimum Gasteiger partial charge on any atom is -0.460 e. The molecule has 12 heavy (non-hydrogen) atoms. The Kier molecular flexibility index (Phi) is 2.82. The summed E-state index contributed by atoms with van der Waals surface area (Å²) in [6.07, 6.45) is 3.14. The van der Waals surface area contributed by atoms with Crippen LogP contribution in [-0.4, -0.2) is 22.1 Å². The fourth-order valence-electron chi connectivity index (χ4n) is 0.842. The number of ether oxygens (including phenoxy) is 1. The van der Waals surface area contributed by atoms with Crippen LogP contribution in [0.2, 0.25) is 0 Å². The normalized spacial score (nSPS) is 9.83. The molecule has 0 aliphatic carbocycles. The highest BCUT2D eigenvalue weighted by Crippen LogP contribution is 1.97. The van der Waals surface area contributed by atoms with E-state index in [0.29, 0.717) is 6.61 Å². The van der Waals surface area contributed by atoms with Crippen molar-refractivity contribution in [2.45, 2.75) is 13.6 Å². The van der Waals surface area contributed by atoms with Crippen LogP contribution < -0.4 is 5.73 Å². The highest BCUT2D eigenvalue weighted by Gasteiger charge is 2.11. The molecule has 0 amide bonds. The maximum absolute atomic E-state index is 11.1. The number of nitrogens with two attached hydrogens (primary N) is 1. The Bertz CT molecular complexity index is 269. The Balaban J connectivity index is 2.79. The van der Waals surface area contributed by atoms with Gasteiger partial charge in [-0.15, -0.1) is 0 Å². The van der Waals surface area contributed by atoms with Gasteiger partial charge in [-0.1, -0.05) is 0 Å². The Morgan fingerprint density at radius 1 is 1.83 bits per heavy atom. The third kappa shape index (κ3) is 1.62. The molecule has 0 fully saturated rings. The summed E-state index contributed by atoms with van der Waals surface area (Å²) in [5.41, 5.74) is 5.34. The summed E-state index contributed by atoms with van der Waals surface area (Å²) in [5, 5.41) is 0. The molecule has 0 saturated heterocycles. The molecule has 0 aliphatic rings. The molecule has 1 aromatic heterocycles. The minimum atomic E-state index is -0.437. The third-order valence-corrected chi connectivity index (χ3v) is 1.37. The molecule has 0 aliphatic heterocycles. The van der Waals surface area contributed by atoms with Gasteiger partial charge in [0.25, 0.3) is 0 Å². The molecule has 5 nitrogen and oxygen atoms in total. The van der Waals surface area contributed by atoms with Crippen molar-refractivity contribution in [2.75, 3.05) is 6.61 Å². The Hall–Kier alpha value is -1.36. The predicted octanol–water partition coefficient (Wildman–Crippen LogP) is -0.0240. The number of esters is 1. The quantitative estimate of drug-likeness (QED) is 0.645. The monoisotopic (exact) mass is 169 g/mol. The lowest BCUT2D eigenvalue weighted by Crippen LogP contribution is -2.16. The molecular weight excluding hydrogens is 158 g/mol. The van der Waals surface area contributed by atoms with E-state index < -0.39 is 5.97 Å². The molecule has 1 aromatic rings. The van der Waals surface area contributed by atoms with Crippen LogP contribution in [-0.2, 0) is 11.4 Å². The molecule has 5 heteroatoms. The van der Waals surface area contributed by atoms with Crippen LogP contribution in [0.4, 0.5) is 0 Å². The van der Waals surface area contributed by atoms with Crippen molar-refractivity contribution in [3.05, 3.63) is 18.2 Å². The van der Waals surface area contributed by atoms with Crippen LogP contribution in [0.3, 0.4) is 0 Å². The fourth-order valence-corrected chi connectivity index (χ4v) is 0.842. The lowest BCUT2D eigenvalue weighted by atomic mass is 10.6. The number of nitrogens with zero attached hydrogens (tertiary/aromatic N) is 2. The van der Waals surface area contributed by atoms with Crippen LogP contribution in [0.15, 0.2) is 12.4 Å². The molecule has 0 aromatic carbocycles. The molecule has 0 unspecified atom stereocenters. The van der Waals surface area contributed by atoms with Crippen molar-refractivity contribution in [3.63, 3.8) is 0 Å². The van der Waals surface area contributed by atoms with Gasteiger partial charge in [0, 0.05) is 12.4 Å². The Labute approximate surface area is 70.1 Å². The fraction of sp³-hybridized carbons (Fsp3) is 0.429. The van der Waals surface area contributed by atoms with Crippen LogP contribution in [0.5, 0.6) is 0 Å². The van der Waals surface area contributed by atoms with Crippen LogP contribution in [0.25, 0.3) is 0 Å². The van der Waals surface area contributed by atoms with Gasteiger partial charge in [0.15, 0.2) is 0 Å². The van der Waals surface area contributed by atoms with E-state index in [2.05, 4.69) is 4.98 Å². The molecule has 1 heterocycles. The summed E-state index contributed by atoms with van der Waals surface area (Å²) in [7, 11) is 0. The zero-order valence-electron chi connectivity index (χ0n) is 6.86. The molecule has 0 saturated carbocycles. The Morgan fingerprint density at radius 3 is 3.17 bits per heavy atom. The average molecular weight is 169 g/mol. The van der Waals surface area contributed by atoms with Gasteiger partial charge in [-0.2, -0.15) is 0 Å². The van der Waals surface area contributed by atoms with Gasteiger partial charge in [0.1, 0.15) is 0 Å². The second kappa shape index (κ2) is 3.87. The molecule has 66 valence electrons. The first-order chi connectivity index (χ1) is 5.79. The number of carbonyl (C=O) groups is 1. The standard InChI is InChI=1S/C7H11N3O2/c1-2-12-7(11)6-9-3-4-10(6)5-8/h3-4H,2,5,8H2,1H3. The van der Waals surface area contributed by atoms with Crippen LogP contribution >= 0.6 is 0 Å². The van der Waals surface area contributed by atoms with Gasteiger partial charge in [-0.05, 0) is 6.92 Å². The predicted molar refractivity (Wildman–Crippen MR) is 42.4 cm³/mol. The van der Waals surface area contributed by atoms with Gasteiger partial charge >= 0.3 is 5.97 Å². The van der Waals surface area contributed by atoms with E-state index in [1.165, 1.54) is 10.8 Å². The summed E-state index contributed by atoms with van der Waals surface area (Å²) in [6.45, 7) is 2.32. The smallest absolute Gasteiger partial charge is 0.374 e. The van der Waals surface area contributed by atoms with Gasteiger partial charge in [-0.3, -0.25) is 0 Å². The number of aromatic nitrogens is 2. The van der Waals surface area contributed by atoms with E-state index in [9.17, 15) is 4.79 Å². The van der Waals surface area contributed by atoms with Gasteiger partial charge in [0.2, 0.25) is 5.82 Å². The summed E-state index contributed by atoms with van der Waals surface area (Å²) < 4.78 is 6.28. The first kappa shape index (κ1) is 8.73. The summed E-state index contributed by atoms with van der Waals surface area (Å²) in [4.78, 5) is 14.9. The summed E-state index contributed by atoms with van der Waals surface area (Å²) >= 11 is 0. The molecule has 2 N–H and O–H groups in total. The lowest BCUT2D eigenvalue weighted by Gasteiger charge is -2.02. The second-order valence-electron chi connectivity index (χ2n) is 2.12. The van der Waals surface area contributed by atoms with Crippen LogP contribution in [0.1, 0.15) is 17.5 Å². The van der Waals surface area contributed by atoms with Crippen molar-refractivity contribution in [1.82, 2.24) is 9.55 Å². The van der Waals surface area contributed by atoms with Gasteiger partial charge in [0.05, 0.1) is 13.3 Å². The zero-order chi connectivity index (χ0) is 8.97. The zero-order valence-corrected chi connectivity index (χ0v) is 6.86. The van der Waals surface area contributed by atoms with Crippen molar-refractivity contribution >= 4 is 5.97 Å². The van der Waals surface area contributed by atoms with Gasteiger partial charge in [-0.25, -0.2) is 9.78 Å². The van der Waals surface area contributed by atoms with Crippen molar-refractivity contribution in [1.29, 1.82) is 0 Å². The molecule has 0 radical (unpaired) electrons. The number of hydrogen-bond donors (Lipinski definition) is 1. The van der Waals surface area contributed by atoms with E-state index in [1.54, 1.807) is 13.1 Å². The highest BCUT2D eigenvalue weighted by molar-refractivity contribution is 5.85.